The molecular formula is C12H21NO2S2. The van der Waals surface area contributed by atoms with Crippen LogP contribution in [0.5, 0.6) is 0 Å². The van der Waals surface area contributed by atoms with Gasteiger partial charge in [0.05, 0.1) is 12.9 Å². The average Bonchev–Trinajstić information content (AvgIpc) is 2.20. The van der Waals surface area contributed by atoms with Gasteiger partial charge in [-0.15, -0.1) is 0 Å². The zero-order valence-corrected chi connectivity index (χ0v) is 13.0. The van der Waals surface area contributed by atoms with E-state index in [4.69, 9.17) is 17.0 Å². The Morgan fingerprint density at radius 2 is 1.94 bits per heavy atom. The lowest BCUT2D eigenvalue weighted by atomic mass is 10.1. The van der Waals surface area contributed by atoms with Crippen molar-refractivity contribution in [1.82, 2.24) is 4.90 Å². The average molecular weight is 275 g/mol. The molecule has 0 bridgehead atoms. The molecule has 0 aliphatic rings. The Morgan fingerprint density at radius 1 is 1.41 bits per heavy atom. The van der Waals surface area contributed by atoms with Crippen LogP contribution in [0.2, 0.25) is 0 Å². The Labute approximate surface area is 114 Å². The van der Waals surface area contributed by atoms with Crippen LogP contribution in [0.1, 0.15) is 34.6 Å². The molecule has 98 valence electrons. The highest BCUT2D eigenvalue weighted by Gasteiger charge is 2.24. The van der Waals surface area contributed by atoms with E-state index in [9.17, 15) is 4.79 Å². The summed E-state index contributed by atoms with van der Waals surface area (Å²) < 4.78 is 5.25. The first-order chi connectivity index (χ1) is 7.68. The molecule has 17 heavy (non-hydrogen) atoms. The number of allylic oxidation sites excluding steroid dienone is 1. The first-order valence-electron chi connectivity index (χ1n) is 5.36. The number of ether oxygens (including phenoxy) is 1. The number of amides is 1. The van der Waals surface area contributed by atoms with Crippen molar-refractivity contribution in [2.75, 3.05) is 12.9 Å². The largest absolute Gasteiger partial charge is 0.482 e. The fourth-order valence-corrected chi connectivity index (χ4v) is 1.82. The zero-order valence-electron chi connectivity index (χ0n) is 11.4. The number of carbonyl (C=O) groups is 1. The summed E-state index contributed by atoms with van der Waals surface area (Å²) in [4.78, 5) is 13.8. The summed E-state index contributed by atoms with van der Waals surface area (Å²) >= 11 is 6.14. The van der Waals surface area contributed by atoms with Crippen LogP contribution in [-0.4, -0.2) is 33.6 Å². The summed E-state index contributed by atoms with van der Waals surface area (Å²) in [6, 6.07) is 0. The van der Waals surface area contributed by atoms with Crippen molar-refractivity contribution in [3.8, 4) is 0 Å². The van der Waals surface area contributed by atoms with Crippen LogP contribution >= 0.6 is 24.0 Å². The number of hydrogen-bond donors (Lipinski definition) is 0. The zero-order chi connectivity index (χ0) is 13.6. The van der Waals surface area contributed by atoms with E-state index in [0.29, 0.717) is 10.1 Å². The molecule has 0 saturated carbocycles. The van der Waals surface area contributed by atoms with Gasteiger partial charge < -0.3 is 9.64 Å². The summed E-state index contributed by atoms with van der Waals surface area (Å²) in [5.74, 6) is 0.330. The van der Waals surface area contributed by atoms with Gasteiger partial charge in [-0.05, 0) is 46.8 Å². The number of thiocarbonyl (C=S) groups is 1. The van der Waals surface area contributed by atoms with E-state index in [1.54, 1.807) is 4.90 Å². The lowest BCUT2D eigenvalue weighted by Gasteiger charge is -2.33. The van der Waals surface area contributed by atoms with Gasteiger partial charge in [0.1, 0.15) is 0 Å². The van der Waals surface area contributed by atoms with Crippen LogP contribution in [0.25, 0.3) is 0 Å². The SMILES string of the molecule is COC(=S)SCC(=O)N(C=C(C)C)C(C)(C)C. The van der Waals surface area contributed by atoms with Gasteiger partial charge in [-0.25, -0.2) is 0 Å². The first-order valence-corrected chi connectivity index (χ1v) is 6.75. The number of carbonyl (C=O) groups excluding carboxylic acids is 1. The minimum absolute atomic E-state index is 0.0306. The fourth-order valence-electron chi connectivity index (χ4n) is 1.15. The van der Waals surface area contributed by atoms with Crippen molar-refractivity contribution in [1.29, 1.82) is 0 Å². The molecule has 0 saturated heterocycles. The van der Waals surface area contributed by atoms with Crippen LogP contribution in [0.15, 0.2) is 11.8 Å². The van der Waals surface area contributed by atoms with Gasteiger partial charge in [0, 0.05) is 11.7 Å². The first kappa shape index (κ1) is 16.4. The summed E-state index contributed by atoms with van der Waals surface area (Å²) in [6.45, 7) is 9.95. The normalized spacial score (nSPS) is 10.7. The van der Waals surface area contributed by atoms with Crippen molar-refractivity contribution in [2.24, 2.45) is 0 Å². The highest BCUT2D eigenvalue weighted by Crippen LogP contribution is 2.18. The van der Waals surface area contributed by atoms with Crippen LogP contribution in [-0.2, 0) is 9.53 Å². The van der Waals surface area contributed by atoms with E-state index in [2.05, 4.69) is 0 Å². The lowest BCUT2D eigenvalue weighted by molar-refractivity contribution is -0.129. The maximum Gasteiger partial charge on any atom is 0.237 e. The maximum absolute atomic E-state index is 12.1. The molecule has 0 aliphatic heterocycles. The van der Waals surface area contributed by atoms with Gasteiger partial charge in [-0.2, -0.15) is 0 Å². The molecule has 0 atom stereocenters. The van der Waals surface area contributed by atoms with Crippen molar-refractivity contribution in [3.63, 3.8) is 0 Å². The van der Waals surface area contributed by atoms with Gasteiger partial charge in [-0.3, -0.25) is 4.79 Å². The van der Waals surface area contributed by atoms with Gasteiger partial charge in [0.15, 0.2) is 0 Å². The van der Waals surface area contributed by atoms with Crippen LogP contribution in [0, 0.1) is 0 Å². The van der Waals surface area contributed by atoms with Gasteiger partial charge in [-0.1, -0.05) is 17.3 Å². The standard InChI is InChI=1S/C12H21NO2S2/c1-9(2)7-13(12(3,4)5)10(14)8-17-11(16)15-6/h7H,8H2,1-6H3. The summed E-state index contributed by atoms with van der Waals surface area (Å²) in [5, 5.41) is 0. The fraction of sp³-hybridized carbons (Fsp3) is 0.667. The number of thioether (sulfide) groups is 1. The predicted molar refractivity (Wildman–Crippen MR) is 78.1 cm³/mol. The second-order valence-corrected chi connectivity index (χ2v) is 6.46. The molecule has 1 amide bonds. The maximum atomic E-state index is 12.1. The summed E-state index contributed by atoms with van der Waals surface area (Å²) in [5.41, 5.74) is 0.858. The minimum atomic E-state index is -0.233. The molecule has 0 spiro atoms. The predicted octanol–water partition coefficient (Wildman–Crippen LogP) is 3.20. The molecule has 0 N–H and O–H groups in total. The molecule has 0 aromatic carbocycles. The minimum Gasteiger partial charge on any atom is -0.482 e. The second-order valence-electron chi connectivity index (χ2n) is 4.88. The third-order valence-corrected chi connectivity index (χ3v) is 3.17. The molecule has 0 rings (SSSR count). The van der Waals surface area contributed by atoms with Crippen LogP contribution in [0.4, 0.5) is 0 Å². The molecule has 0 heterocycles. The smallest absolute Gasteiger partial charge is 0.237 e. The highest BCUT2D eigenvalue weighted by atomic mass is 32.2. The van der Waals surface area contributed by atoms with Gasteiger partial charge >= 0.3 is 0 Å². The van der Waals surface area contributed by atoms with Crippen molar-refractivity contribution in [3.05, 3.63) is 11.8 Å². The number of methoxy groups -OCH3 is 1. The Kier molecular flexibility index (Phi) is 6.78. The molecule has 0 aliphatic carbocycles. The third kappa shape index (κ3) is 6.68. The van der Waals surface area contributed by atoms with E-state index in [1.807, 2.05) is 40.8 Å². The molecule has 0 unspecified atom stereocenters. The Balaban J connectivity index is 4.67. The van der Waals surface area contributed by atoms with E-state index in [1.165, 1.54) is 18.9 Å². The van der Waals surface area contributed by atoms with E-state index >= 15 is 0 Å². The Morgan fingerprint density at radius 3 is 2.29 bits per heavy atom. The molecule has 0 aromatic rings. The summed E-state index contributed by atoms with van der Waals surface area (Å²) in [6.07, 6.45) is 1.87. The topological polar surface area (TPSA) is 29.5 Å². The quantitative estimate of drug-likeness (QED) is 0.740. The van der Waals surface area contributed by atoms with Crippen molar-refractivity contribution < 1.29 is 9.53 Å². The van der Waals surface area contributed by atoms with Gasteiger partial charge in [0.25, 0.3) is 0 Å². The number of nitrogens with zero attached hydrogens (tertiary/aromatic N) is 1. The van der Waals surface area contributed by atoms with E-state index in [-0.39, 0.29) is 11.4 Å². The van der Waals surface area contributed by atoms with Crippen molar-refractivity contribution >= 4 is 34.3 Å². The molecule has 0 aromatic heterocycles. The molecular weight excluding hydrogens is 254 g/mol. The highest BCUT2D eigenvalue weighted by molar-refractivity contribution is 8.23. The third-order valence-electron chi connectivity index (χ3n) is 1.86. The number of hydrogen-bond acceptors (Lipinski definition) is 4. The molecule has 0 fully saturated rings. The summed E-state index contributed by atoms with van der Waals surface area (Å²) in [7, 11) is 1.51. The number of rotatable bonds is 3. The van der Waals surface area contributed by atoms with E-state index in [0.717, 1.165) is 5.57 Å². The van der Waals surface area contributed by atoms with Crippen LogP contribution < -0.4 is 0 Å². The second kappa shape index (κ2) is 7.01. The van der Waals surface area contributed by atoms with Crippen LogP contribution in [0.3, 0.4) is 0 Å². The van der Waals surface area contributed by atoms with Gasteiger partial charge in [0.2, 0.25) is 10.3 Å². The molecule has 3 nitrogen and oxygen atoms in total. The Hall–Kier alpha value is -0.550. The van der Waals surface area contributed by atoms with E-state index < -0.39 is 0 Å². The monoisotopic (exact) mass is 275 g/mol. The Bertz CT molecular complexity index is 315. The lowest BCUT2D eigenvalue weighted by Crippen LogP contribution is -2.43. The molecule has 5 heteroatoms. The molecule has 0 radical (unpaired) electrons. The van der Waals surface area contributed by atoms with Crippen molar-refractivity contribution in [2.45, 2.75) is 40.2 Å².